The highest BCUT2D eigenvalue weighted by Gasteiger charge is 2.27. The summed E-state index contributed by atoms with van der Waals surface area (Å²) in [6.45, 7) is 4.97. The second-order valence-electron chi connectivity index (χ2n) is 6.62. The fraction of sp³-hybridized carbons (Fsp3) is 0.579. The van der Waals surface area contributed by atoms with Gasteiger partial charge in [-0.3, -0.25) is 4.79 Å². The lowest BCUT2D eigenvalue weighted by atomic mass is 9.97. The molecular weight excluding hydrogens is 480 g/mol. The van der Waals surface area contributed by atoms with Crippen LogP contribution in [-0.2, 0) is 27.4 Å². The van der Waals surface area contributed by atoms with Crippen LogP contribution in [0.4, 0.5) is 4.39 Å². The summed E-state index contributed by atoms with van der Waals surface area (Å²) in [5, 5.41) is 3.28. The molecule has 0 bridgehead atoms. The normalized spacial score (nSPS) is 17.2. The van der Waals surface area contributed by atoms with Gasteiger partial charge >= 0.3 is 5.97 Å². The van der Waals surface area contributed by atoms with Gasteiger partial charge < -0.3 is 24.4 Å². The molecule has 1 N–H and O–H groups in total. The molecule has 0 spiro atoms. The zero-order valence-electron chi connectivity index (χ0n) is 16.2. The first-order valence-electron chi connectivity index (χ1n) is 9.25. The van der Waals surface area contributed by atoms with E-state index in [2.05, 4.69) is 15.2 Å². The van der Waals surface area contributed by atoms with Crippen molar-refractivity contribution in [3.63, 3.8) is 0 Å². The topological polar surface area (TPSA) is 72.4 Å². The van der Waals surface area contributed by atoms with E-state index in [0.717, 1.165) is 38.4 Å². The first-order chi connectivity index (χ1) is 13.1. The van der Waals surface area contributed by atoms with E-state index in [-0.39, 0.29) is 48.5 Å². The average molecular weight is 507 g/mol. The highest BCUT2D eigenvalue weighted by molar-refractivity contribution is 14.0. The molecule has 2 aliphatic heterocycles. The van der Waals surface area contributed by atoms with Crippen molar-refractivity contribution in [1.29, 1.82) is 0 Å². The van der Waals surface area contributed by atoms with Crippen LogP contribution >= 0.6 is 24.0 Å². The summed E-state index contributed by atoms with van der Waals surface area (Å²) in [7, 11) is 1.42. The molecule has 3 rings (SSSR count). The molecule has 2 aliphatic rings. The maximum absolute atomic E-state index is 13.9. The third kappa shape index (κ3) is 5.47. The molecule has 1 aromatic carbocycles. The number of esters is 1. The first-order valence-corrected chi connectivity index (χ1v) is 9.25. The lowest BCUT2D eigenvalue weighted by Gasteiger charge is -2.33. The number of aliphatic imine (C=N–C) groups is 1. The van der Waals surface area contributed by atoms with Crippen LogP contribution in [0, 0.1) is 11.7 Å². The minimum absolute atomic E-state index is 0. The molecule has 9 heteroatoms. The first kappa shape index (κ1) is 22.7. The van der Waals surface area contributed by atoms with Gasteiger partial charge in [-0.15, -0.1) is 24.0 Å². The van der Waals surface area contributed by atoms with Crippen LogP contribution in [0.3, 0.4) is 0 Å². The Morgan fingerprint density at radius 1 is 1.39 bits per heavy atom. The lowest BCUT2D eigenvalue weighted by molar-refractivity contribution is -0.146. The Morgan fingerprint density at radius 2 is 2.14 bits per heavy atom. The number of carbonyl (C=O) groups excluding carboxylic acids is 1. The van der Waals surface area contributed by atoms with Gasteiger partial charge in [0.25, 0.3) is 0 Å². The number of likely N-dealkylation sites (tertiary alicyclic amines) is 1. The van der Waals surface area contributed by atoms with E-state index in [1.165, 1.54) is 19.2 Å². The van der Waals surface area contributed by atoms with E-state index in [9.17, 15) is 9.18 Å². The molecule has 0 aromatic heterocycles. The second-order valence-corrected chi connectivity index (χ2v) is 6.62. The third-order valence-corrected chi connectivity index (χ3v) is 4.81. The van der Waals surface area contributed by atoms with Gasteiger partial charge in [0.05, 0.1) is 26.2 Å². The maximum atomic E-state index is 13.9. The summed E-state index contributed by atoms with van der Waals surface area (Å²) in [5.41, 5.74) is 1.41. The molecule has 0 saturated carbocycles. The summed E-state index contributed by atoms with van der Waals surface area (Å²) in [4.78, 5) is 18.5. The van der Waals surface area contributed by atoms with E-state index in [1.807, 2.05) is 6.92 Å². The molecule has 0 amide bonds. The molecule has 0 radical (unpaired) electrons. The van der Waals surface area contributed by atoms with Crippen molar-refractivity contribution in [2.75, 3.05) is 33.5 Å². The van der Waals surface area contributed by atoms with E-state index in [1.54, 1.807) is 0 Å². The van der Waals surface area contributed by atoms with E-state index in [0.29, 0.717) is 30.0 Å². The van der Waals surface area contributed by atoms with Crippen LogP contribution in [-0.4, -0.2) is 50.4 Å². The summed E-state index contributed by atoms with van der Waals surface area (Å²) in [6, 6.07) is 2.89. The molecule has 2 heterocycles. The molecule has 0 atom stereocenters. The Hall–Kier alpha value is -1.62. The molecular formula is C19H27FIN3O4. The molecule has 28 heavy (non-hydrogen) atoms. The minimum Gasteiger partial charge on any atom is -0.469 e. The summed E-state index contributed by atoms with van der Waals surface area (Å²) in [6.07, 6.45) is 1.46. The van der Waals surface area contributed by atoms with Crippen molar-refractivity contribution >= 4 is 35.9 Å². The van der Waals surface area contributed by atoms with Crippen molar-refractivity contribution in [2.24, 2.45) is 10.9 Å². The van der Waals surface area contributed by atoms with Crippen LogP contribution in [0.2, 0.25) is 0 Å². The number of methoxy groups -OCH3 is 1. The van der Waals surface area contributed by atoms with E-state index in [4.69, 9.17) is 14.2 Å². The molecule has 0 aliphatic carbocycles. The van der Waals surface area contributed by atoms with Gasteiger partial charge in [0.1, 0.15) is 11.6 Å². The Bertz CT molecular complexity index is 709. The van der Waals surface area contributed by atoms with Crippen molar-refractivity contribution in [1.82, 2.24) is 10.2 Å². The Kier molecular flexibility index (Phi) is 8.74. The van der Waals surface area contributed by atoms with Crippen LogP contribution in [0.25, 0.3) is 0 Å². The molecule has 1 saturated heterocycles. The number of fused-ring (bicyclic) bond motifs is 1. The summed E-state index contributed by atoms with van der Waals surface area (Å²) >= 11 is 0. The zero-order valence-corrected chi connectivity index (χ0v) is 18.5. The number of halogens is 2. The Balaban J connectivity index is 0.00000280. The highest BCUT2D eigenvalue weighted by atomic mass is 127. The number of nitrogens with one attached hydrogen (secondary N) is 1. The predicted molar refractivity (Wildman–Crippen MR) is 113 cm³/mol. The lowest BCUT2D eigenvalue weighted by Crippen LogP contribution is -2.46. The minimum atomic E-state index is -0.322. The van der Waals surface area contributed by atoms with Gasteiger partial charge in [0.2, 0.25) is 0 Å². The van der Waals surface area contributed by atoms with Gasteiger partial charge in [0, 0.05) is 30.8 Å². The van der Waals surface area contributed by atoms with Crippen molar-refractivity contribution in [3.05, 3.63) is 29.1 Å². The molecule has 0 unspecified atom stereocenters. The zero-order chi connectivity index (χ0) is 19.2. The van der Waals surface area contributed by atoms with Gasteiger partial charge in [-0.05, 0) is 31.9 Å². The van der Waals surface area contributed by atoms with E-state index < -0.39 is 0 Å². The van der Waals surface area contributed by atoms with Crippen LogP contribution in [0.1, 0.15) is 30.9 Å². The molecule has 7 nitrogen and oxygen atoms in total. The smallest absolute Gasteiger partial charge is 0.308 e. The number of rotatable bonds is 4. The van der Waals surface area contributed by atoms with Crippen LogP contribution in [0.5, 0.6) is 5.75 Å². The SMILES string of the molecule is CCNC(=NCc1cc(F)cc2c1OCOC2)N1CCC(C(=O)OC)CC1.I. The fourth-order valence-corrected chi connectivity index (χ4v) is 3.45. The third-order valence-electron chi connectivity index (χ3n) is 4.81. The van der Waals surface area contributed by atoms with Gasteiger partial charge in [-0.1, -0.05) is 0 Å². The number of hydrogen-bond donors (Lipinski definition) is 1. The second kappa shape index (κ2) is 10.8. The standard InChI is InChI=1S/C19H26FN3O4.HI/c1-3-21-19(23-6-4-13(5-7-23)18(24)25-2)22-10-14-8-16(20)9-15-11-26-12-27-17(14)15;/h8-9,13H,3-7,10-12H2,1-2H3,(H,21,22);1H. The van der Waals surface area contributed by atoms with Crippen LogP contribution in [0.15, 0.2) is 17.1 Å². The number of guanidine groups is 1. The molecule has 156 valence electrons. The number of benzene rings is 1. The summed E-state index contributed by atoms with van der Waals surface area (Å²) < 4.78 is 29.5. The number of hydrogen-bond acceptors (Lipinski definition) is 5. The Morgan fingerprint density at radius 3 is 2.82 bits per heavy atom. The van der Waals surface area contributed by atoms with Crippen molar-refractivity contribution < 1.29 is 23.4 Å². The number of ether oxygens (including phenoxy) is 3. The molecule has 1 fully saturated rings. The molecule has 1 aromatic rings. The monoisotopic (exact) mass is 507 g/mol. The largest absolute Gasteiger partial charge is 0.469 e. The number of carbonyl (C=O) groups is 1. The van der Waals surface area contributed by atoms with Crippen LogP contribution < -0.4 is 10.1 Å². The number of piperidine rings is 1. The maximum Gasteiger partial charge on any atom is 0.308 e. The quantitative estimate of drug-likeness (QED) is 0.293. The van der Waals surface area contributed by atoms with Gasteiger partial charge in [-0.2, -0.15) is 0 Å². The van der Waals surface area contributed by atoms with E-state index >= 15 is 0 Å². The average Bonchev–Trinajstić information content (AvgIpc) is 2.70. The van der Waals surface area contributed by atoms with Crippen molar-refractivity contribution in [3.8, 4) is 5.75 Å². The summed E-state index contributed by atoms with van der Waals surface area (Å²) in [5.74, 6) is 0.884. The highest BCUT2D eigenvalue weighted by Crippen LogP contribution is 2.30. The van der Waals surface area contributed by atoms with Gasteiger partial charge in [0.15, 0.2) is 12.8 Å². The fourth-order valence-electron chi connectivity index (χ4n) is 3.45. The van der Waals surface area contributed by atoms with Gasteiger partial charge in [-0.25, -0.2) is 9.38 Å². The predicted octanol–water partition coefficient (Wildman–Crippen LogP) is 2.66. The Labute approximate surface area is 181 Å². The van der Waals surface area contributed by atoms with Crippen molar-refractivity contribution in [2.45, 2.75) is 32.9 Å². The number of nitrogens with zero attached hydrogens (tertiary/aromatic N) is 2.